The molecule has 1 N–H and O–H groups in total. The molecule has 1 amide bonds. The fourth-order valence-corrected chi connectivity index (χ4v) is 3.36. The molecule has 4 heteroatoms. The summed E-state index contributed by atoms with van der Waals surface area (Å²) in [6, 6.07) is 15.5. The Morgan fingerprint density at radius 2 is 1.86 bits per heavy atom. The number of benzene rings is 2. The van der Waals surface area contributed by atoms with Crippen LogP contribution in [-0.4, -0.2) is 22.3 Å². The molecule has 0 spiro atoms. The van der Waals surface area contributed by atoms with E-state index in [0.29, 0.717) is 23.7 Å². The van der Waals surface area contributed by atoms with Crippen LogP contribution in [0.25, 0.3) is 10.9 Å². The summed E-state index contributed by atoms with van der Waals surface area (Å²) in [6.45, 7) is 1.34. The molecule has 1 aliphatic rings. The van der Waals surface area contributed by atoms with E-state index in [-0.39, 0.29) is 5.91 Å². The summed E-state index contributed by atoms with van der Waals surface area (Å²) >= 11 is 6.16. The van der Waals surface area contributed by atoms with Crippen LogP contribution in [0.2, 0.25) is 5.02 Å². The van der Waals surface area contributed by atoms with Crippen molar-refractivity contribution in [3.05, 3.63) is 70.4 Å². The molecular formula is C18H15ClN2O. The fraction of sp³-hybridized carbons (Fsp3) is 0.167. The molecule has 3 nitrogen and oxygen atoms in total. The molecule has 22 heavy (non-hydrogen) atoms. The standard InChI is InChI=1S/C18H15ClN2O/c19-15-7-3-1-6-13(15)18(22)21-10-9-17-14(11-21)12-5-2-4-8-16(12)20-17/h1-8,20H,9-11H2. The molecule has 1 aliphatic heterocycles. The van der Waals surface area contributed by atoms with E-state index in [9.17, 15) is 4.79 Å². The lowest BCUT2D eigenvalue weighted by Crippen LogP contribution is -2.35. The Balaban J connectivity index is 1.70. The number of H-pyrrole nitrogens is 1. The number of rotatable bonds is 1. The zero-order valence-electron chi connectivity index (χ0n) is 12.0. The highest BCUT2D eigenvalue weighted by molar-refractivity contribution is 6.33. The van der Waals surface area contributed by atoms with Gasteiger partial charge in [0, 0.05) is 41.7 Å². The predicted molar refractivity (Wildman–Crippen MR) is 88.2 cm³/mol. The molecule has 110 valence electrons. The van der Waals surface area contributed by atoms with Crippen LogP contribution >= 0.6 is 11.6 Å². The maximum atomic E-state index is 12.7. The lowest BCUT2D eigenvalue weighted by molar-refractivity contribution is 0.0735. The minimum absolute atomic E-state index is 0.00142. The van der Waals surface area contributed by atoms with Gasteiger partial charge in [-0.15, -0.1) is 0 Å². The number of hydrogen-bond donors (Lipinski definition) is 1. The number of nitrogens with one attached hydrogen (secondary N) is 1. The van der Waals surface area contributed by atoms with Gasteiger partial charge in [-0.25, -0.2) is 0 Å². The van der Waals surface area contributed by atoms with Crippen molar-refractivity contribution in [3.63, 3.8) is 0 Å². The molecule has 1 aromatic heterocycles. The number of carbonyl (C=O) groups excluding carboxylic acids is 1. The lowest BCUT2D eigenvalue weighted by atomic mass is 10.0. The van der Waals surface area contributed by atoms with Crippen molar-refractivity contribution < 1.29 is 4.79 Å². The van der Waals surface area contributed by atoms with Crippen LogP contribution in [0.1, 0.15) is 21.6 Å². The van der Waals surface area contributed by atoms with Crippen LogP contribution in [0.3, 0.4) is 0 Å². The van der Waals surface area contributed by atoms with Crippen molar-refractivity contribution in [1.29, 1.82) is 0 Å². The van der Waals surface area contributed by atoms with Crippen molar-refractivity contribution in [1.82, 2.24) is 9.88 Å². The fourth-order valence-electron chi connectivity index (χ4n) is 3.14. The van der Waals surface area contributed by atoms with Gasteiger partial charge in [-0.1, -0.05) is 41.9 Å². The van der Waals surface area contributed by atoms with Crippen molar-refractivity contribution in [2.24, 2.45) is 0 Å². The second-order valence-electron chi connectivity index (χ2n) is 5.58. The number of carbonyl (C=O) groups is 1. The number of halogens is 1. The number of fused-ring (bicyclic) bond motifs is 3. The smallest absolute Gasteiger partial charge is 0.255 e. The maximum absolute atomic E-state index is 12.7. The second kappa shape index (κ2) is 5.18. The highest BCUT2D eigenvalue weighted by Gasteiger charge is 2.25. The Hall–Kier alpha value is -2.26. The zero-order valence-corrected chi connectivity index (χ0v) is 12.7. The summed E-state index contributed by atoms with van der Waals surface area (Å²) in [7, 11) is 0. The molecule has 0 saturated heterocycles. The number of aromatic nitrogens is 1. The molecule has 0 fully saturated rings. The Bertz CT molecular complexity index is 868. The molecule has 0 saturated carbocycles. The van der Waals surface area contributed by atoms with Gasteiger partial charge in [0.2, 0.25) is 0 Å². The number of hydrogen-bond acceptors (Lipinski definition) is 1. The van der Waals surface area contributed by atoms with Gasteiger partial charge in [0.25, 0.3) is 5.91 Å². The molecule has 0 aliphatic carbocycles. The van der Waals surface area contributed by atoms with Crippen molar-refractivity contribution in [2.75, 3.05) is 6.54 Å². The molecule has 0 atom stereocenters. The van der Waals surface area contributed by atoms with E-state index in [1.165, 1.54) is 16.6 Å². The van der Waals surface area contributed by atoms with E-state index in [0.717, 1.165) is 11.9 Å². The first-order valence-corrected chi connectivity index (χ1v) is 7.74. The number of para-hydroxylation sites is 1. The Kier molecular flexibility index (Phi) is 3.16. The SMILES string of the molecule is O=C(c1ccccc1Cl)N1CCc2[nH]c3ccccc3c2C1. The number of amides is 1. The highest BCUT2D eigenvalue weighted by Crippen LogP contribution is 2.29. The molecule has 0 radical (unpaired) electrons. The second-order valence-corrected chi connectivity index (χ2v) is 5.99. The van der Waals surface area contributed by atoms with Gasteiger partial charge in [0.1, 0.15) is 0 Å². The zero-order chi connectivity index (χ0) is 15.1. The average Bonchev–Trinajstić information content (AvgIpc) is 2.92. The summed E-state index contributed by atoms with van der Waals surface area (Å²) in [5.74, 6) is 0.00142. The molecule has 0 bridgehead atoms. The lowest BCUT2D eigenvalue weighted by Gasteiger charge is -2.27. The van der Waals surface area contributed by atoms with E-state index < -0.39 is 0 Å². The Morgan fingerprint density at radius 3 is 2.73 bits per heavy atom. The molecule has 4 rings (SSSR count). The predicted octanol–water partition coefficient (Wildman–Crippen LogP) is 4.02. The minimum atomic E-state index is 0.00142. The van der Waals surface area contributed by atoms with Crippen LogP contribution < -0.4 is 0 Å². The summed E-state index contributed by atoms with van der Waals surface area (Å²) < 4.78 is 0. The largest absolute Gasteiger partial charge is 0.358 e. The molecule has 2 aromatic carbocycles. The van der Waals surface area contributed by atoms with Crippen molar-refractivity contribution in [2.45, 2.75) is 13.0 Å². The quantitative estimate of drug-likeness (QED) is 0.724. The number of nitrogens with zero attached hydrogens (tertiary/aromatic N) is 1. The van der Waals surface area contributed by atoms with Gasteiger partial charge in [0.15, 0.2) is 0 Å². The number of aromatic amines is 1. The van der Waals surface area contributed by atoms with Crippen LogP contribution in [0.15, 0.2) is 48.5 Å². The van der Waals surface area contributed by atoms with Gasteiger partial charge in [-0.05, 0) is 18.2 Å². The molecule has 0 unspecified atom stereocenters. The van der Waals surface area contributed by atoms with Gasteiger partial charge in [0.05, 0.1) is 10.6 Å². The van der Waals surface area contributed by atoms with Crippen LogP contribution in [-0.2, 0) is 13.0 Å². The maximum Gasteiger partial charge on any atom is 0.255 e. The Morgan fingerprint density at radius 1 is 1.09 bits per heavy atom. The van der Waals surface area contributed by atoms with Crippen molar-refractivity contribution in [3.8, 4) is 0 Å². The third kappa shape index (κ3) is 2.09. The van der Waals surface area contributed by atoms with Gasteiger partial charge < -0.3 is 9.88 Å². The normalized spacial score (nSPS) is 14.1. The molecular weight excluding hydrogens is 296 g/mol. The van der Waals surface area contributed by atoms with E-state index in [4.69, 9.17) is 11.6 Å². The van der Waals surface area contributed by atoms with Crippen molar-refractivity contribution >= 4 is 28.4 Å². The van der Waals surface area contributed by atoms with Gasteiger partial charge >= 0.3 is 0 Å². The monoisotopic (exact) mass is 310 g/mol. The third-order valence-corrected chi connectivity index (χ3v) is 4.60. The summed E-state index contributed by atoms with van der Waals surface area (Å²) in [6.07, 6.45) is 0.847. The summed E-state index contributed by atoms with van der Waals surface area (Å²) in [5, 5.41) is 1.71. The third-order valence-electron chi connectivity index (χ3n) is 4.27. The molecule has 3 aromatic rings. The highest BCUT2D eigenvalue weighted by atomic mass is 35.5. The Labute approximate surface area is 133 Å². The topological polar surface area (TPSA) is 36.1 Å². The van der Waals surface area contributed by atoms with E-state index >= 15 is 0 Å². The first-order valence-electron chi connectivity index (χ1n) is 7.36. The first kappa shape index (κ1) is 13.4. The average molecular weight is 311 g/mol. The van der Waals surface area contributed by atoms with E-state index in [1.807, 2.05) is 29.2 Å². The molecule has 2 heterocycles. The summed E-state index contributed by atoms with van der Waals surface area (Å²) in [4.78, 5) is 18.1. The first-order chi connectivity index (χ1) is 10.7. The van der Waals surface area contributed by atoms with Gasteiger partial charge in [-0.3, -0.25) is 4.79 Å². The summed E-state index contributed by atoms with van der Waals surface area (Å²) in [5.41, 5.74) is 4.18. The van der Waals surface area contributed by atoms with Crippen LogP contribution in [0.4, 0.5) is 0 Å². The van der Waals surface area contributed by atoms with Gasteiger partial charge in [-0.2, -0.15) is 0 Å². The van der Waals surface area contributed by atoms with E-state index in [1.54, 1.807) is 12.1 Å². The van der Waals surface area contributed by atoms with Crippen LogP contribution in [0.5, 0.6) is 0 Å². The van der Waals surface area contributed by atoms with Crippen LogP contribution in [0, 0.1) is 0 Å². The van der Waals surface area contributed by atoms with E-state index in [2.05, 4.69) is 17.1 Å². The minimum Gasteiger partial charge on any atom is -0.358 e.